The van der Waals surface area contributed by atoms with Crippen LogP contribution in [0.5, 0.6) is 5.88 Å². The fourth-order valence-electron chi connectivity index (χ4n) is 3.04. The molecule has 0 bridgehead atoms. The van der Waals surface area contributed by atoms with Gasteiger partial charge in [-0.05, 0) is 48.1 Å². The molecular weight excluding hydrogens is 362 g/mol. The zero-order chi connectivity index (χ0) is 20.6. The summed E-state index contributed by atoms with van der Waals surface area (Å²) in [5.41, 5.74) is 4.74. The average molecular weight is 387 g/mol. The third-order valence-electron chi connectivity index (χ3n) is 4.70. The fourth-order valence-corrected chi connectivity index (χ4v) is 3.04. The summed E-state index contributed by atoms with van der Waals surface area (Å²) in [6, 6.07) is 18.0. The summed E-state index contributed by atoms with van der Waals surface area (Å²) in [6.07, 6.45) is 3.05. The van der Waals surface area contributed by atoms with Gasteiger partial charge in [0.1, 0.15) is 11.6 Å². The number of aliphatic hydroxyl groups is 1. The van der Waals surface area contributed by atoms with E-state index in [2.05, 4.69) is 42.0 Å². The van der Waals surface area contributed by atoms with Crippen LogP contribution < -0.4 is 4.74 Å². The number of rotatable bonds is 8. The van der Waals surface area contributed by atoms with Gasteiger partial charge in [0.05, 0.1) is 18.0 Å². The van der Waals surface area contributed by atoms with Crippen LogP contribution in [-0.2, 0) is 0 Å². The van der Waals surface area contributed by atoms with Crippen molar-refractivity contribution in [1.29, 1.82) is 5.26 Å². The lowest BCUT2D eigenvalue weighted by atomic mass is 9.96. The first kappa shape index (κ1) is 20.5. The Morgan fingerprint density at radius 1 is 1.07 bits per heavy atom. The highest BCUT2D eigenvalue weighted by Crippen LogP contribution is 2.33. The van der Waals surface area contributed by atoms with E-state index in [1.165, 1.54) is 5.56 Å². The van der Waals surface area contributed by atoms with E-state index in [9.17, 15) is 5.26 Å². The standard InChI is InChI=1S/C24H25N3O2/c1-17(2)18-8-10-19(11-9-18)20-15-23(22-7-3-4-12-26-22)27-24(21(20)16-25)29-14-6-5-13-28/h3-4,7-12,15,17,28H,5-6,13-14H2,1-2H3. The second kappa shape index (κ2) is 9.81. The van der Waals surface area contributed by atoms with Gasteiger partial charge in [0.2, 0.25) is 5.88 Å². The number of aliphatic hydroxyl groups excluding tert-OH is 1. The predicted molar refractivity (Wildman–Crippen MR) is 114 cm³/mol. The smallest absolute Gasteiger partial charge is 0.232 e. The van der Waals surface area contributed by atoms with Gasteiger partial charge in [0, 0.05) is 18.4 Å². The molecule has 0 saturated carbocycles. The Kier molecular flexibility index (Phi) is 6.94. The number of unbranched alkanes of at least 4 members (excludes halogenated alkanes) is 1. The minimum absolute atomic E-state index is 0.114. The number of ether oxygens (including phenoxy) is 1. The molecule has 1 N–H and O–H groups in total. The minimum Gasteiger partial charge on any atom is -0.477 e. The van der Waals surface area contributed by atoms with E-state index in [0.29, 0.717) is 42.5 Å². The second-order valence-corrected chi connectivity index (χ2v) is 7.12. The molecule has 0 aliphatic heterocycles. The highest BCUT2D eigenvalue weighted by atomic mass is 16.5. The van der Waals surface area contributed by atoms with Crippen molar-refractivity contribution in [2.45, 2.75) is 32.6 Å². The monoisotopic (exact) mass is 387 g/mol. The van der Waals surface area contributed by atoms with E-state index in [1.54, 1.807) is 6.20 Å². The van der Waals surface area contributed by atoms with Crippen molar-refractivity contribution >= 4 is 0 Å². The first-order valence-corrected chi connectivity index (χ1v) is 9.84. The van der Waals surface area contributed by atoms with Crippen LogP contribution in [0.25, 0.3) is 22.5 Å². The number of benzene rings is 1. The van der Waals surface area contributed by atoms with Crippen LogP contribution in [0.2, 0.25) is 0 Å². The van der Waals surface area contributed by atoms with Crippen molar-refractivity contribution in [3.63, 3.8) is 0 Å². The van der Waals surface area contributed by atoms with Crippen molar-refractivity contribution in [3.8, 4) is 34.5 Å². The molecule has 5 heteroatoms. The van der Waals surface area contributed by atoms with Crippen LogP contribution in [0.3, 0.4) is 0 Å². The van der Waals surface area contributed by atoms with Crippen LogP contribution >= 0.6 is 0 Å². The van der Waals surface area contributed by atoms with Crippen molar-refractivity contribution in [2.24, 2.45) is 0 Å². The largest absolute Gasteiger partial charge is 0.477 e. The van der Waals surface area contributed by atoms with Crippen molar-refractivity contribution < 1.29 is 9.84 Å². The number of nitrogens with zero attached hydrogens (tertiary/aromatic N) is 3. The van der Waals surface area contributed by atoms with Crippen LogP contribution in [0, 0.1) is 11.3 Å². The van der Waals surface area contributed by atoms with Crippen LogP contribution in [0.4, 0.5) is 0 Å². The molecule has 0 aliphatic carbocycles. The number of aromatic nitrogens is 2. The molecule has 29 heavy (non-hydrogen) atoms. The molecule has 5 nitrogen and oxygen atoms in total. The fraction of sp³-hybridized carbons (Fsp3) is 0.292. The molecule has 0 amide bonds. The maximum absolute atomic E-state index is 9.84. The lowest BCUT2D eigenvalue weighted by molar-refractivity contribution is 0.249. The van der Waals surface area contributed by atoms with E-state index < -0.39 is 0 Å². The van der Waals surface area contributed by atoms with Crippen molar-refractivity contribution in [1.82, 2.24) is 9.97 Å². The molecule has 3 aromatic rings. The molecule has 148 valence electrons. The molecule has 0 unspecified atom stereocenters. The third-order valence-corrected chi connectivity index (χ3v) is 4.70. The molecule has 0 spiro atoms. The van der Waals surface area contributed by atoms with Gasteiger partial charge in [0.25, 0.3) is 0 Å². The second-order valence-electron chi connectivity index (χ2n) is 7.12. The summed E-state index contributed by atoms with van der Waals surface area (Å²) in [5.74, 6) is 0.739. The topological polar surface area (TPSA) is 79.0 Å². The van der Waals surface area contributed by atoms with Gasteiger partial charge in [0.15, 0.2) is 0 Å². The Balaban J connectivity index is 2.08. The van der Waals surface area contributed by atoms with Gasteiger partial charge < -0.3 is 9.84 Å². The Morgan fingerprint density at radius 3 is 2.48 bits per heavy atom. The van der Waals surface area contributed by atoms with Crippen molar-refractivity contribution in [3.05, 3.63) is 65.9 Å². The molecule has 0 atom stereocenters. The summed E-state index contributed by atoms with van der Waals surface area (Å²) >= 11 is 0. The maximum Gasteiger partial charge on any atom is 0.232 e. The van der Waals surface area contributed by atoms with Gasteiger partial charge in [-0.3, -0.25) is 4.98 Å². The lowest BCUT2D eigenvalue weighted by Gasteiger charge is -2.14. The van der Waals surface area contributed by atoms with Gasteiger partial charge >= 0.3 is 0 Å². The maximum atomic E-state index is 9.84. The quantitative estimate of drug-likeness (QED) is 0.553. The molecule has 0 aliphatic rings. The SMILES string of the molecule is CC(C)c1ccc(-c2cc(-c3ccccn3)nc(OCCCCO)c2C#N)cc1. The number of hydrogen-bond donors (Lipinski definition) is 1. The Labute approximate surface area is 171 Å². The Bertz CT molecular complexity index is 978. The number of pyridine rings is 2. The number of nitriles is 1. The summed E-state index contributed by atoms with van der Waals surface area (Å²) in [7, 11) is 0. The van der Waals surface area contributed by atoms with Gasteiger partial charge in [-0.15, -0.1) is 0 Å². The molecule has 1 aromatic carbocycles. The Morgan fingerprint density at radius 2 is 1.86 bits per heavy atom. The highest BCUT2D eigenvalue weighted by molar-refractivity contribution is 5.77. The predicted octanol–water partition coefficient (Wildman–Crippen LogP) is 4.96. The van der Waals surface area contributed by atoms with Gasteiger partial charge in [-0.1, -0.05) is 44.2 Å². The normalized spacial score (nSPS) is 10.7. The molecule has 3 rings (SSSR count). The van der Waals surface area contributed by atoms with Crippen LogP contribution in [-0.4, -0.2) is 28.3 Å². The summed E-state index contributed by atoms with van der Waals surface area (Å²) < 4.78 is 5.84. The van der Waals surface area contributed by atoms with E-state index in [-0.39, 0.29) is 6.61 Å². The molecule has 2 aromatic heterocycles. The molecule has 2 heterocycles. The lowest BCUT2D eigenvalue weighted by Crippen LogP contribution is -2.04. The summed E-state index contributed by atoms with van der Waals surface area (Å²) in [6.45, 7) is 4.81. The molecular formula is C24H25N3O2. The third kappa shape index (κ3) is 4.98. The van der Waals surface area contributed by atoms with Gasteiger partial charge in [-0.2, -0.15) is 5.26 Å². The van der Waals surface area contributed by atoms with E-state index >= 15 is 0 Å². The van der Waals surface area contributed by atoms with E-state index in [4.69, 9.17) is 9.84 Å². The van der Waals surface area contributed by atoms with E-state index in [0.717, 1.165) is 16.8 Å². The molecule has 0 saturated heterocycles. The summed E-state index contributed by atoms with van der Waals surface area (Å²) in [4.78, 5) is 8.97. The number of hydrogen-bond acceptors (Lipinski definition) is 5. The van der Waals surface area contributed by atoms with E-state index in [1.807, 2.05) is 36.4 Å². The first-order chi connectivity index (χ1) is 14.1. The molecule has 0 radical (unpaired) electrons. The van der Waals surface area contributed by atoms with Crippen LogP contribution in [0.1, 0.15) is 43.7 Å². The zero-order valence-corrected chi connectivity index (χ0v) is 16.8. The zero-order valence-electron chi connectivity index (χ0n) is 16.8. The first-order valence-electron chi connectivity index (χ1n) is 9.84. The summed E-state index contributed by atoms with van der Waals surface area (Å²) in [5, 5.41) is 18.8. The highest BCUT2D eigenvalue weighted by Gasteiger charge is 2.17. The van der Waals surface area contributed by atoms with Crippen LogP contribution in [0.15, 0.2) is 54.7 Å². The minimum atomic E-state index is 0.114. The molecule has 0 fully saturated rings. The average Bonchev–Trinajstić information content (AvgIpc) is 2.76. The van der Waals surface area contributed by atoms with Crippen molar-refractivity contribution in [2.75, 3.05) is 13.2 Å². The Hall–Kier alpha value is -3.23. The van der Waals surface area contributed by atoms with Gasteiger partial charge in [-0.25, -0.2) is 4.98 Å².